The maximum atomic E-state index is 12.0. The van der Waals surface area contributed by atoms with Crippen molar-refractivity contribution in [1.29, 1.82) is 0 Å². The largest absolute Gasteiger partial charge is 0.330 e. The van der Waals surface area contributed by atoms with E-state index in [1.165, 1.54) is 24.3 Å². The maximum absolute atomic E-state index is 12.0. The topological polar surface area (TPSA) is 98.3 Å². The van der Waals surface area contributed by atoms with E-state index in [-0.39, 0.29) is 11.6 Å². The Morgan fingerprint density at radius 2 is 1.71 bits per heavy atom. The summed E-state index contributed by atoms with van der Waals surface area (Å²) in [6.45, 7) is 0.564. The van der Waals surface area contributed by atoms with Gasteiger partial charge in [-0.1, -0.05) is 12.1 Å². The monoisotopic (exact) mass is 285 g/mol. The first-order chi connectivity index (χ1) is 10.1. The zero-order valence-corrected chi connectivity index (χ0v) is 11.3. The van der Waals surface area contributed by atoms with Crippen LogP contribution in [0.3, 0.4) is 0 Å². The Morgan fingerprint density at radius 3 is 2.24 bits per heavy atom. The van der Waals surface area contributed by atoms with Gasteiger partial charge in [-0.25, -0.2) is 0 Å². The predicted molar refractivity (Wildman–Crippen MR) is 80.3 cm³/mol. The number of nitro benzene ring substituents is 1. The van der Waals surface area contributed by atoms with Crippen LogP contribution >= 0.6 is 0 Å². The molecule has 108 valence electrons. The number of hydrogen-bond donors (Lipinski definition) is 2. The number of benzene rings is 2. The average molecular weight is 285 g/mol. The molecule has 0 atom stereocenters. The standard InChI is InChI=1S/C15H15N3O3/c16-10-9-11-1-3-12(4-2-11)15(19)17-13-5-7-14(8-6-13)18(20)21/h1-8H,9-10,16H2,(H,17,19). The van der Waals surface area contributed by atoms with Crippen LogP contribution in [0, 0.1) is 10.1 Å². The molecule has 0 bridgehead atoms. The molecule has 0 aromatic heterocycles. The lowest BCUT2D eigenvalue weighted by atomic mass is 10.1. The number of nitrogens with zero attached hydrogens (tertiary/aromatic N) is 1. The van der Waals surface area contributed by atoms with E-state index in [0.29, 0.717) is 17.8 Å². The minimum absolute atomic E-state index is 0.0147. The van der Waals surface area contributed by atoms with Gasteiger partial charge in [0.25, 0.3) is 11.6 Å². The summed E-state index contributed by atoms with van der Waals surface area (Å²) in [6.07, 6.45) is 0.768. The number of nitrogens with one attached hydrogen (secondary N) is 1. The number of anilines is 1. The van der Waals surface area contributed by atoms with Crippen molar-refractivity contribution in [2.75, 3.05) is 11.9 Å². The summed E-state index contributed by atoms with van der Waals surface area (Å²) in [5, 5.41) is 13.2. The highest BCUT2D eigenvalue weighted by Crippen LogP contribution is 2.16. The molecule has 0 aliphatic heterocycles. The molecule has 6 heteroatoms. The minimum Gasteiger partial charge on any atom is -0.330 e. The van der Waals surface area contributed by atoms with E-state index >= 15 is 0 Å². The van der Waals surface area contributed by atoms with Gasteiger partial charge >= 0.3 is 0 Å². The third kappa shape index (κ3) is 3.87. The normalized spacial score (nSPS) is 10.1. The summed E-state index contributed by atoms with van der Waals surface area (Å²) >= 11 is 0. The van der Waals surface area contributed by atoms with Crippen LogP contribution in [0.1, 0.15) is 15.9 Å². The summed E-state index contributed by atoms with van der Waals surface area (Å²) in [6, 6.07) is 12.9. The van der Waals surface area contributed by atoms with Gasteiger partial charge in [-0.15, -0.1) is 0 Å². The third-order valence-electron chi connectivity index (χ3n) is 2.99. The molecule has 2 aromatic carbocycles. The van der Waals surface area contributed by atoms with E-state index in [9.17, 15) is 14.9 Å². The fourth-order valence-corrected chi connectivity index (χ4v) is 1.86. The van der Waals surface area contributed by atoms with Crippen molar-refractivity contribution in [3.63, 3.8) is 0 Å². The van der Waals surface area contributed by atoms with Gasteiger partial charge < -0.3 is 11.1 Å². The number of nitrogens with two attached hydrogens (primary N) is 1. The molecule has 0 spiro atoms. The lowest BCUT2D eigenvalue weighted by molar-refractivity contribution is -0.384. The van der Waals surface area contributed by atoms with Crippen molar-refractivity contribution in [3.8, 4) is 0 Å². The van der Waals surface area contributed by atoms with E-state index in [1.54, 1.807) is 12.1 Å². The number of carbonyl (C=O) groups excluding carboxylic acids is 1. The van der Waals surface area contributed by atoms with Crippen molar-refractivity contribution in [3.05, 3.63) is 69.8 Å². The molecular formula is C15H15N3O3. The number of rotatable bonds is 5. The Labute approximate surface area is 121 Å². The molecule has 1 amide bonds. The summed E-state index contributed by atoms with van der Waals surface area (Å²) < 4.78 is 0. The second-order valence-electron chi connectivity index (χ2n) is 4.49. The van der Waals surface area contributed by atoms with Gasteiger partial charge in [0.1, 0.15) is 0 Å². The van der Waals surface area contributed by atoms with E-state index in [0.717, 1.165) is 12.0 Å². The summed E-state index contributed by atoms with van der Waals surface area (Å²) in [5.74, 6) is -0.261. The van der Waals surface area contributed by atoms with Gasteiger partial charge in [0.2, 0.25) is 0 Å². The summed E-state index contributed by atoms with van der Waals surface area (Å²) in [5.41, 5.74) is 7.56. The zero-order chi connectivity index (χ0) is 15.2. The first kappa shape index (κ1) is 14.7. The summed E-state index contributed by atoms with van der Waals surface area (Å²) in [4.78, 5) is 22.1. The molecule has 0 aliphatic rings. The molecule has 0 fully saturated rings. The van der Waals surface area contributed by atoms with Crippen LogP contribution < -0.4 is 11.1 Å². The van der Waals surface area contributed by atoms with Crippen LogP contribution in [0.15, 0.2) is 48.5 Å². The number of hydrogen-bond acceptors (Lipinski definition) is 4. The molecule has 0 heterocycles. The lowest BCUT2D eigenvalue weighted by Gasteiger charge is -2.06. The smallest absolute Gasteiger partial charge is 0.269 e. The second-order valence-corrected chi connectivity index (χ2v) is 4.49. The number of amides is 1. The molecule has 0 saturated carbocycles. The van der Waals surface area contributed by atoms with Crippen LogP contribution in [0.5, 0.6) is 0 Å². The van der Waals surface area contributed by atoms with Gasteiger partial charge in [0.15, 0.2) is 0 Å². The first-order valence-corrected chi connectivity index (χ1v) is 6.45. The highest BCUT2D eigenvalue weighted by Gasteiger charge is 2.08. The van der Waals surface area contributed by atoms with Crippen molar-refractivity contribution in [2.24, 2.45) is 5.73 Å². The molecule has 0 radical (unpaired) electrons. The molecule has 0 unspecified atom stereocenters. The fraction of sp³-hybridized carbons (Fsp3) is 0.133. The molecule has 3 N–H and O–H groups in total. The van der Waals surface area contributed by atoms with Gasteiger partial charge in [0.05, 0.1) is 4.92 Å². The Balaban J connectivity index is 2.05. The third-order valence-corrected chi connectivity index (χ3v) is 2.99. The van der Waals surface area contributed by atoms with Gasteiger partial charge in [0, 0.05) is 23.4 Å². The highest BCUT2D eigenvalue weighted by molar-refractivity contribution is 6.04. The zero-order valence-electron chi connectivity index (χ0n) is 11.3. The quantitative estimate of drug-likeness (QED) is 0.650. The number of non-ortho nitro benzene ring substituents is 1. The average Bonchev–Trinajstić information content (AvgIpc) is 2.49. The molecule has 21 heavy (non-hydrogen) atoms. The Hall–Kier alpha value is -2.73. The number of nitro groups is 1. The molecular weight excluding hydrogens is 270 g/mol. The van der Waals surface area contributed by atoms with Gasteiger partial charge in [-0.05, 0) is 42.8 Å². The highest BCUT2D eigenvalue weighted by atomic mass is 16.6. The molecule has 0 aliphatic carbocycles. The van der Waals surface area contributed by atoms with Crippen molar-refractivity contribution in [2.45, 2.75) is 6.42 Å². The SMILES string of the molecule is NCCc1ccc(C(=O)Nc2ccc([N+](=O)[O-])cc2)cc1. The Kier molecular flexibility index (Phi) is 4.63. The fourth-order valence-electron chi connectivity index (χ4n) is 1.86. The van der Waals surface area contributed by atoms with Crippen LogP contribution in [0.25, 0.3) is 0 Å². The van der Waals surface area contributed by atoms with Crippen LogP contribution in [0.2, 0.25) is 0 Å². The lowest BCUT2D eigenvalue weighted by Crippen LogP contribution is -2.12. The van der Waals surface area contributed by atoms with E-state index < -0.39 is 4.92 Å². The van der Waals surface area contributed by atoms with Crippen molar-refractivity contribution >= 4 is 17.3 Å². The molecule has 6 nitrogen and oxygen atoms in total. The van der Waals surface area contributed by atoms with E-state index in [1.807, 2.05) is 12.1 Å². The van der Waals surface area contributed by atoms with Crippen molar-refractivity contribution < 1.29 is 9.72 Å². The van der Waals surface area contributed by atoms with Crippen LogP contribution in [-0.4, -0.2) is 17.4 Å². The Morgan fingerprint density at radius 1 is 1.10 bits per heavy atom. The molecule has 2 aromatic rings. The molecule has 0 saturated heterocycles. The Bertz CT molecular complexity index is 636. The second kappa shape index (κ2) is 6.62. The predicted octanol–water partition coefficient (Wildman–Crippen LogP) is 2.35. The number of carbonyl (C=O) groups is 1. The maximum Gasteiger partial charge on any atom is 0.269 e. The van der Waals surface area contributed by atoms with Gasteiger partial charge in [-0.3, -0.25) is 14.9 Å². The van der Waals surface area contributed by atoms with Gasteiger partial charge in [-0.2, -0.15) is 0 Å². The molecule has 2 rings (SSSR count). The minimum atomic E-state index is -0.484. The van der Waals surface area contributed by atoms with Crippen LogP contribution in [0.4, 0.5) is 11.4 Å². The van der Waals surface area contributed by atoms with Crippen molar-refractivity contribution in [1.82, 2.24) is 0 Å². The summed E-state index contributed by atoms with van der Waals surface area (Å²) in [7, 11) is 0. The van der Waals surface area contributed by atoms with E-state index in [2.05, 4.69) is 5.32 Å². The first-order valence-electron chi connectivity index (χ1n) is 6.45. The van der Waals surface area contributed by atoms with Crippen LogP contribution in [-0.2, 0) is 6.42 Å². The van der Waals surface area contributed by atoms with E-state index in [4.69, 9.17) is 5.73 Å².